The fraction of sp³-hybridized carbons (Fsp3) is 0.500. The number of hydrogen-bond acceptors (Lipinski definition) is 4. The third kappa shape index (κ3) is 3.14. The minimum Gasteiger partial charge on any atom is -0.493 e. The van der Waals surface area contributed by atoms with E-state index < -0.39 is 0 Å². The van der Waals surface area contributed by atoms with Crippen LogP contribution in [0.2, 0.25) is 0 Å². The van der Waals surface area contributed by atoms with Crippen molar-refractivity contribution in [2.75, 3.05) is 14.2 Å². The highest BCUT2D eigenvalue weighted by Crippen LogP contribution is 2.38. The highest BCUT2D eigenvalue weighted by atomic mass is 16.5. The first-order valence-electron chi connectivity index (χ1n) is 7.17. The molecule has 4 nitrogen and oxygen atoms in total. The predicted molar refractivity (Wildman–Crippen MR) is 80.8 cm³/mol. The van der Waals surface area contributed by atoms with Gasteiger partial charge in [-0.1, -0.05) is 30.2 Å². The Bertz CT molecular complexity index is 472. The molecule has 0 aromatic heterocycles. The maximum Gasteiger partial charge on any atom is 0.165 e. The summed E-state index contributed by atoms with van der Waals surface area (Å²) >= 11 is 0. The summed E-state index contributed by atoms with van der Waals surface area (Å²) in [6.07, 6.45) is 8.28. The average molecular weight is 276 g/mol. The van der Waals surface area contributed by atoms with Gasteiger partial charge in [0.25, 0.3) is 0 Å². The molecule has 1 aromatic rings. The normalized spacial score (nSPS) is 17.1. The van der Waals surface area contributed by atoms with Gasteiger partial charge in [0.05, 0.1) is 20.3 Å². The summed E-state index contributed by atoms with van der Waals surface area (Å²) in [5.41, 5.74) is 5.31. The van der Waals surface area contributed by atoms with Gasteiger partial charge in [-0.2, -0.15) is 0 Å². The summed E-state index contributed by atoms with van der Waals surface area (Å²) < 4.78 is 10.9. The van der Waals surface area contributed by atoms with E-state index in [9.17, 15) is 0 Å². The third-order valence-electron chi connectivity index (χ3n) is 3.86. The van der Waals surface area contributed by atoms with Crippen molar-refractivity contribution in [2.24, 2.45) is 5.84 Å². The Morgan fingerprint density at radius 3 is 2.70 bits per heavy atom. The summed E-state index contributed by atoms with van der Waals surface area (Å²) in [5, 5.41) is 0. The lowest BCUT2D eigenvalue weighted by molar-refractivity contribution is 0.348. The van der Waals surface area contributed by atoms with E-state index in [4.69, 9.17) is 15.3 Å². The first kappa shape index (κ1) is 14.9. The molecule has 0 radical (unpaired) electrons. The fourth-order valence-corrected chi connectivity index (χ4v) is 2.84. The monoisotopic (exact) mass is 276 g/mol. The van der Waals surface area contributed by atoms with Crippen LogP contribution in [0.3, 0.4) is 0 Å². The Hall–Kier alpha value is -1.52. The summed E-state index contributed by atoms with van der Waals surface area (Å²) in [4.78, 5) is 0. The Labute approximate surface area is 120 Å². The van der Waals surface area contributed by atoms with Crippen molar-refractivity contribution < 1.29 is 9.47 Å². The smallest absolute Gasteiger partial charge is 0.165 e. The molecule has 20 heavy (non-hydrogen) atoms. The second-order valence-electron chi connectivity index (χ2n) is 5.06. The molecule has 1 aromatic carbocycles. The van der Waals surface area contributed by atoms with Gasteiger partial charge in [-0.05, 0) is 31.7 Å². The molecule has 0 aliphatic heterocycles. The summed E-state index contributed by atoms with van der Waals surface area (Å²) in [7, 11) is 3.31. The highest BCUT2D eigenvalue weighted by Gasteiger charge is 2.22. The highest BCUT2D eigenvalue weighted by molar-refractivity contribution is 5.50. The largest absolute Gasteiger partial charge is 0.493 e. The lowest BCUT2D eigenvalue weighted by Gasteiger charge is -2.23. The molecule has 1 unspecified atom stereocenters. The van der Waals surface area contributed by atoms with Gasteiger partial charge in [-0.15, -0.1) is 0 Å². The molecule has 2 rings (SSSR count). The second kappa shape index (κ2) is 7.31. The number of nitrogens with one attached hydrogen (secondary N) is 1. The Kier molecular flexibility index (Phi) is 5.44. The molecule has 1 atom stereocenters. The minimum absolute atomic E-state index is 0.0156. The van der Waals surface area contributed by atoms with Gasteiger partial charge in [-0.25, -0.2) is 5.43 Å². The molecular weight excluding hydrogens is 252 g/mol. The molecule has 4 heteroatoms. The first-order valence-corrected chi connectivity index (χ1v) is 7.17. The Balaban J connectivity index is 2.38. The molecule has 0 bridgehead atoms. The molecule has 0 saturated heterocycles. The van der Waals surface area contributed by atoms with E-state index in [1.54, 1.807) is 14.2 Å². The SMILES string of the molecule is COc1cccc(C(NN)C2=CCCCCC2)c1OC. The van der Waals surface area contributed by atoms with Gasteiger partial charge >= 0.3 is 0 Å². The van der Waals surface area contributed by atoms with E-state index in [0.717, 1.165) is 29.9 Å². The number of hydrazine groups is 1. The van der Waals surface area contributed by atoms with E-state index in [0.29, 0.717) is 0 Å². The van der Waals surface area contributed by atoms with E-state index in [-0.39, 0.29) is 6.04 Å². The van der Waals surface area contributed by atoms with E-state index in [1.165, 1.54) is 24.8 Å². The number of nitrogens with two attached hydrogens (primary N) is 1. The summed E-state index contributed by atoms with van der Waals surface area (Å²) in [6, 6.07) is 5.89. The number of rotatable bonds is 5. The number of benzene rings is 1. The number of ether oxygens (including phenoxy) is 2. The topological polar surface area (TPSA) is 56.5 Å². The molecule has 110 valence electrons. The van der Waals surface area contributed by atoms with E-state index in [2.05, 4.69) is 11.5 Å². The zero-order valence-electron chi connectivity index (χ0n) is 12.3. The maximum atomic E-state index is 5.81. The number of methoxy groups -OCH3 is 2. The van der Waals surface area contributed by atoms with Crippen molar-refractivity contribution in [3.05, 3.63) is 35.4 Å². The van der Waals surface area contributed by atoms with Crippen LogP contribution in [0.1, 0.15) is 43.7 Å². The van der Waals surface area contributed by atoms with Crippen molar-refractivity contribution in [1.82, 2.24) is 5.43 Å². The van der Waals surface area contributed by atoms with Crippen LogP contribution in [0.25, 0.3) is 0 Å². The molecular formula is C16H24N2O2. The van der Waals surface area contributed by atoms with Gasteiger partial charge in [0, 0.05) is 5.56 Å². The summed E-state index contributed by atoms with van der Waals surface area (Å²) in [6.45, 7) is 0. The van der Waals surface area contributed by atoms with E-state index in [1.807, 2.05) is 18.2 Å². The van der Waals surface area contributed by atoms with Crippen LogP contribution in [0.15, 0.2) is 29.8 Å². The molecule has 0 spiro atoms. The van der Waals surface area contributed by atoms with Crippen molar-refractivity contribution in [3.63, 3.8) is 0 Å². The first-order chi connectivity index (χ1) is 9.81. The number of hydrogen-bond donors (Lipinski definition) is 2. The molecule has 0 amide bonds. The molecule has 1 aliphatic carbocycles. The van der Waals surface area contributed by atoms with Gasteiger partial charge in [0.2, 0.25) is 0 Å². The zero-order valence-corrected chi connectivity index (χ0v) is 12.3. The van der Waals surface area contributed by atoms with Gasteiger partial charge < -0.3 is 9.47 Å². The molecule has 0 fully saturated rings. The minimum atomic E-state index is -0.0156. The Morgan fingerprint density at radius 2 is 2.00 bits per heavy atom. The lowest BCUT2D eigenvalue weighted by atomic mass is 9.94. The van der Waals surface area contributed by atoms with E-state index >= 15 is 0 Å². The molecule has 0 heterocycles. The maximum absolute atomic E-state index is 5.81. The third-order valence-corrected chi connectivity index (χ3v) is 3.86. The summed E-state index contributed by atoms with van der Waals surface area (Å²) in [5.74, 6) is 7.30. The number of allylic oxidation sites excluding steroid dienone is 1. The predicted octanol–water partition coefficient (Wildman–Crippen LogP) is 3.10. The van der Waals surface area contributed by atoms with Crippen LogP contribution in [-0.2, 0) is 0 Å². The molecule has 1 aliphatic rings. The lowest BCUT2D eigenvalue weighted by Crippen LogP contribution is -2.30. The second-order valence-corrected chi connectivity index (χ2v) is 5.06. The van der Waals surface area contributed by atoms with Crippen molar-refractivity contribution in [3.8, 4) is 11.5 Å². The van der Waals surface area contributed by atoms with Crippen molar-refractivity contribution in [2.45, 2.75) is 38.1 Å². The van der Waals surface area contributed by atoms with Crippen LogP contribution >= 0.6 is 0 Å². The van der Waals surface area contributed by atoms with Gasteiger partial charge in [0.15, 0.2) is 11.5 Å². The van der Waals surface area contributed by atoms with Crippen LogP contribution in [0, 0.1) is 0 Å². The van der Waals surface area contributed by atoms with Gasteiger partial charge in [-0.3, -0.25) is 5.84 Å². The quantitative estimate of drug-likeness (QED) is 0.493. The standard InChI is InChI=1S/C16H24N2O2/c1-19-14-11-7-10-13(16(14)20-2)15(18-17)12-8-5-3-4-6-9-12/h7-8,10-11,15,18H,3-6,9,17H2,1-2H3. The van der Waals surface area contributed by atoms with Crippen LogP contribution < -0.4 is 20.7 Å². The number of para-hydroxylation sites is 1. The fourth-order valence-electron chi connectivity index (χ4n) is 2.84. The molecule has 3 N–H and O–H groups in total. The average Bonchev–Trinajstić information content (AvgIpc) is 2.77. The van der Waals surface area contributed by atoms with Crippen LogP contribution in [0.4, 0.5) is 0 Å². The van der Waals surface area contributed by atoms with Crippen molar-refractivity contribution in [1.29, 1.82) is 0 Å². The zero-order chi connectivity index (χ0) is 14.4. The van der Waals surface area contributed by atoms with Crippen molar-refractivity contribution >= 4 is 0 Å². The van der Waals surface area contributed by atoms with Crippen LogP contribution in [0.5, 0.6) is 11.5 Å². The Morgan fingerprint density at radius 1 is 1.15 bits per heavy atom. The van der Waals surface area contributed by atoms with Crippen LogP contribution in [-0.4, -0.2) is 14.2 Å². The van der Waals surface area contributed by atoms with Gasteiger partial charge in [0.1, 0.15) is 0 Å². The molecule has 0 saturated carbocycles.